The van der Waals surface area contributed by atoms with Crippen molar-refractivity contribution in [1.82, 2.24) is 9.55 Å². The Labute approximate surface area is 230 Å². The summed E-state index contributed by atoms with van der Waals surface area (Å²) in [5, 5.41) is 13.7. The molecule has 0 unspecified atom stereocenters. The van der Waals surface area contributed by atoms with Crippen LogP contribution in [0, 0.1) is 11.3 Å². The summed E-state index contributed by atoms with van der Waals surface area (Å²) < 4.78 is 8.83. The van der Waals surface area contributed by atoms with E-state index in [2.05, 4.69) is 113 Å². The van der Waals surface area contributed by atoms with Gasteiger partial charge in [-0.05, 0) is 65.2 Å². The van der Waals surface area contributed by atoms with Crippen LogP contribution in [0.1, 0.15) is 5.69 Å². The highest BCUT2D eigenvalue weighted by Gasteiger charge is 2.19. The molecule has 40 heavy (non-hydrogen) atoms. The maximum atomic E-state index is 9.10. The van der Waals surface area contributed by atoms with E-state index >= 15 is 0 Å². The van der Waals surface area contributed by atoms with E-state index in [1.807, 2.05) is 18.2 Å². The van der Waals surface area contributed by atoms with Crippen LogP contribution >= 0.6 is 0 Å². The van der Waals surface area contributed by atoms with Crippen molar-refractivity contribution in [2.75, 3.05) is 0 Å². The molecule has 0 N–H and O–H groups in total. The van der Waals surface area contributed by atoms with E-state index in [1.54, 1.807) is 12.3 Å². The van der Waals surface area contributed by atoms with Gasteiger partial charge in [0.15, 0.2) is 5.58 Å². The van der Waals surface area contributed by atoms with Gasteiger partial charge in [0.25, 0.3) is 0 Å². The first kappa shape index (κ1) is 22.3. The van der Waals surface area contributed by atoms with Crippen LogP contribution < -0.4 is 0 Å². The number of pyridine rings is 1. The van der Waals surface area contributed by atoms with E-state index in [-0.39, 0.29) is 0 Å². The zero-order chi connectivity index (χ0) is 26.6. The molecule has 3 aromatic heterocycles. The fraction of sp³-hybridized carbons (Fsp3) is 0. The molecule has 0 spiro atoms. The normalized spacial score (nSPS) is 11.5. The van der Waals surface area contributed by atoms with Gasteiger partial charge in [-0.3, -0.25) is 0 Å². The molecule has 0 aliphatic rings. The van der Waals surface area contributed by atoms with E-state index in [1.165, 1.54) is 10.8 Å². The highest BCUT2D eigenvalue weighted by molar-refractivity contribution is 6.21. The van der Waals surface area contributed by atoms with Gasteiger partial charge in [0.2, 0.25) is 0 Å². The number of aromatic nitrogens is 2. The number of furan rings is 1. The largest absolute Gasteiger partial charge is 0.454 e. The summed E-state index contributed by atoms with van der Waals surface area (Å²) in [7, 11) is 0. The Morgan fingerprint density at radius 3 is 2.15 bits per heavy atom. The molecule has 4 nitrogen and oxygen atoms in total. The number of hydrogen-bond acceptors (Lipinski definition) is 3. The molecule has 8 aromatic rings. The number of hydrogen-bond donors (Lipinski definition) is 0. The second-order valence-electron chi connectivity index (χ2n) is 9.96. The van der Waals surface area contributed by atoms with E-state index in [9.17, 15) is 0 Å². The third-order valence-electron chi connectivity index (χ3n) is 7.69. The Kier molecular flexibility index (Phi) is 4.85. The van der Waals surface area contributed by atoms with Gasteiger partial charge in [-0.15, -0.1) is 0 Å². The smallest absolute Gasteiger partial charge is 0.160 e. The first-order chi connectivity index (χ1) is 19.8. The zero-order valence-corrected chi connectivity index (χ0v) is 21.4. The lowest BCUT2D eigenvalue weighted by Gasteiger charge is -2.11. The topological polar surface area (TPSA) is 54.8 Å². The number of fused-ring (bicyclic) bond motifs is 7. The number of para-hydroxylation sites is 2. The molecule has 3 heterocycles. The van der Waals surface area contributed by atoms with Crippen molar-refractivity contribution in [2.45, 2.75) is 0 Å². The standard InChI is InChI=1S/C36H21N3O/c37-21-27-16-15-26(22-38-27)24-8-5-7-23(19-24)25-9-6-10-28(20-25)39-33-13-3-1-11-29(33)31-17-18-32-30-12-2-4-14-34(30)40-36(32)35(31)39/h1-20,22H. The van der Waals surface area contributed by atoms with Crippen LogP contribution in [-0.4, -0.2) is 9.55 Å². The molecule has 0 aliphatic heterocycles. The Balaban J connectivity index is 1.35. The Bertz CT molecular complexity index is 2280. The van der Waals surface area contributed by atoms with Crippen molar-refractivity contribution < 1.29 is 4.42 Å². The summed E-state index contributed by atoms with van der Waals surface area (Å²) in [6.45, 7) is 0. The van der Waals surface area contributed by atoms with Crippen LogP contribution in [0.15, 0.2) is 132 Å². The minimum Gasteiger partial charge on any atom is -0.454 e. The summed E-state index contributed by atoms with van der Waals surface area (Å²) in [4.78, 5) is 4.25. The van der Waals surface area contributed by atoms with Gasteiger partial charge in [0.05, 0.1) is 11.0 Å². The molecule has 0 atom stereocenters. The SMILES string of the molecule is N#Cc1ccc(-c2cccc(-c3cccc(-n4c5ccccc5c5ccc6c7ccccc7oc6c54)c3)c2)cn1. The number of benzene rings is 5. The maximum absolute atomic E-state index is 9.10. The molecular formula is C36H21N3O. The van der Waals surface area contributed by atoms with Crippen LogP contribution in [0.2, 0.25) is 0 Å². The second-order valence-corrected chi connectivity index (χ2v) is 9.96. The molecule has 0 saturated carbocycles. The Morgan fingerprint density at radius 1 is 0.600 bits per heavy atom. The van der Waals surface area contributed by atoms with Crippen LogP contribution in [0.4, 0.5) is 0 Å². The summed E-state index contributed by atoms with van der Waals surface area (Å²) >= 11 is 0. The lowest BCUT2D eigenvalue weighted by atomic mass is 9.99. The average molecular weight is 512 g/mol. The molecule has 5 aromatic carbocycles. The average Bonchev–Trinajstić information content (AvgIpc) is 3.57. The summed E-state index contributed by atoms with van der Waals surface area (Å²) in [5.74, 6) is 0. The lowest BCUT2D eigenvalue weighted by molar-refractivity contribution is 0.671. The maximum Gasteiger partial charge on any atom is 0.160 e. The molecule has 0 bridgehead atoms. The molecule has 0 fully saturated rings. The van der Waals surface area contributed by atoms with Crippen molar-refractivity contribution in [2.24, 2.45) is 0 Å². The van der Waals surface area contributed by atoms with Gasteiger partial charge in [-0.2, -0.15) is 5.26 Å². The van der Waals surface area contributed by atoms with Gasteiger partial charge < -0.3 is 8.98 Å². The van der Waals surface area contributed by atoms with E-state index in [4.69, 9.17) is 9.68 Å². The molecule has 0 amide bonds. The summed E-state index contributed by atoms with van der Waals surface area (Å²) in [6.07, 6.45) is 1.75. The van der Waals surface area contributed by atoms with E-state index in [0.29, 0.717) is 5.69 Å². The van der Waals surface area contributed by atoms with Gasteiger partial charge >= 0.3 is 0 Å². The van der Waals surface area contributed by atoms with Crippen LogP contribution in [0.5, 0.6) is 0 Å². The van der Waals surface area contributed by atoms with Gasteiger partial charge in [-0.1, -0.05) is 72.8 Å². The van der Waals surface area contributed by atoms with Crippen molar-refractivity contribution in [1.29, 1.82) is 5.26 Å². The molecule has 0 aliphatic carbocycles. The van der Waals surface area contributed by atoms with Crippen LogP contribution in [-0.2, 0) is 0 Å². The molecule has 8 rings (SSSR count). The number of rotatable bonds is 3. The molecular weight excluding hydrogens is 490 g/mol. The van der Waals surface area contributed by atoms with Crippen molar-refractivity contribution in [3.05, 3.63) is 133 Å². The highest BCUT2D eigenvalue weighted by atomic mass is 16.3. The van der Waals surface area contributed by atoms with Crippen LogP contribution in [0.3, 0.4) is 0 Å². The highest BCUT2D eigenvalue weighted by Crippen LogP contribution is 2.40. The van der Waals surface area contributed by atoms with Crippen LogP contribution in [0.25, 0.3) is 71.7 Å². The third-order valence-corrected chi connectivity index (χ3v) is 7.69. The van der Waals surface area contributed by atoms with Gasteiger partial charge in [0.1, 0.15) is 17.3 Å². The Hall–Kier alpha value is -5.66. The van der Waals surface area contributed by atoms with Crippen molar-refractivity contribution in [3.63, 3.8) is 0 Å². The van der Waals surface area contributed by atoms with Gasteiger partial charge in [-0.25, -0.2) is 4.98 Å². The monoisotopic (exact) mass is 511 g/mol. The minimum absolute atomic E-state index is 0.414. The predicted octanol–water partition coefficient (Wildman–Crippen LogP) is 9.28. The first-order valence-electron chi connectivity index (χ1n) is 13.2. The zero-order valence-electron chi connectivity index (χ0n) is 21.4. The van der Waals surface area contributed by atoms with Gasteiger partial charge in [0, 0.05) is 39.0 Å². The quantitative estimate of drug-likeness (QED) is 0.237. The lowest BCUT2D eigenvalue weighted by Crippen LogP contribution is -1.94. The summed E-state index contributed by atoms with van der Waals surface area (Å²) in [6, 6.07) is 44.0. The van der Waals surface area contributed by atoms with Crippen molar-refractivity contribution in [3.8, 4) is 34.0 Å². The summed E-state index contributed by atoms with van der Waals surface area (Å²) in [5.41, 5.74) is 9.75. The Morgan fingerprint density at radius 2 is 1.32 bits per heavy atom. The van der Waals surface area contributed by atoms with Crippen molar-refractivity contribution >= 4 is 43.7 Å². The van der Waals surface area contributed by atoms with E-state index < -0.39 is 0 Å². The predicted molar refractivity (Wildman–Crippen MR) is 161 cm³/mol. The molecule has 0 saturated heterocycles. The number of nitriles is 1. The molecule has 0 radical (unpaired) electrons. The molecule has 4 heteroatoms. The fourth-order valence-corrected chi connectivity index (χ4v) is 5.83. The second kappa shape index (κ2) is 8.69. The first-order valence-corrected chi connectivity index (χ1v) is 13.2. The third kappa shape index (κ3) is 3.35. The van der Waals surface area contributed by atoms with E-state index in [0.717, 1.165) is 60.9 Å². The number of nitrogens with zero attached hydrogens (tertiary/aromatic N) is 3. The minimum atomic E-state index is 0.414. The molecule has 186 valence electrons. The fourth-order valence-electron chi connectivity index (χ4n) is 5.83.